The van der Waals surface area contributed by atoms with Gasteiger partial charge < -0.3 is 19.3 Å². The Hall–Kier alpha value is -5.18. The van der Waals surface area contributed by atoms with E-state index in [0.717, 1.165) is 20.1 Å². The van der Waals surface area contributed by atoms with Crippen molar-refractivity contribution in [1.82, 2.24) is 0 Å². The first-order valence-electron chi connectivity index (χ1n) is 17.1. The van der Waals surface area contributed by atoms with Gasteiger partial charge in [0.15, 0.2) is 0 Å². The van der Waals surface area contributed by atoms with Crippen LogP contribution in [0.15, 0.2) is 167 Å². The summed E-state index contributed by atoms with van der Waals surface area (Å²) >= 11 is 7.12. The Kier molecular flexibility index (Phi) is 12.9. The molecule has 0 saturated heterocycles. The number of anilines is 2. The van der Waals surface area contributed by atoms with Crippen molar-refractivity contribution in [3.05, 3.63) is 189 Å². The van der Waals surface area contributed by atoms with Crippen LogP contribution in [-0.2, 0) is 12.8 Å². The summed E-state index contributed by atoms with van der Waals surface area (Å²) in [5, 5.41) is 0. The van der Waals surface area contributed by atoms with Crippen molar-refractivity contribution in [2.75, 3.05) is 36.1 Å². The number of rotatable bonds is 15. The van der Waals surface area contributed by atoms with Crippen molar-refractivity contribution in [1.29, 1.82) is 0 Å². The highest BCUT2D eigenvalue weighted by atomic mass is 79.9. The molecular formula is C44H38Br2N2O4. The predicted molar refractivity (Wildman–Crippen MR) is 216 cm³/mol. The second-order valence-electron chi connectivity index (χ2n) is 12.0. The maximum Gasteiger partial charge on any atom is 0.262 e. The summed E-state index contributed by atoms with van der Waals surface area (Å²) in [5.74, 6) is 0.505. The molecule has 2 amide bonds. The van der Waals surface area contributed by atoms with Gasteiger partial charge in [0, 0.05) is 46.3 Å². The number of benzene rings is 6. The normalized spacial score (nSPS) is 10.7. The molecule has 6 rings (SSSR count). The molecule has 8 heteroatoms. The lowest BCUT2D eigenvalue weighted by Gasteiger charge is -2.29. The van der Waals surface area contributed by atoms with Gasteiger partial charge >= 0.3 is 0 Å². The van der Waals surface area contributed by atoms with Crippen LogP contribution in [0, 0.1) is 0 Å². The van der Waals surface area contributed by atoms with E-state index < -0.39 is 0 Å². The van der Waals surface area contributed by atoms with E-state index in [1.807, 2.05) is 121 Å². The van der Waals surface area contributed by atoms with Gasteiger partial charge in [-0.25, -0.2) is 0 Å². The molecule has 52 heavy (non-hydrogen) atoms. The van der Waals surface area contributed by atoms with Gasteiger partial charge in [-0.1, -0.05) is 129 Å². The summed E-state index contributed by atoms with van der Waals surface area (Å²) in [7, 11) is 0. The summed E-state index contributed by atoms with van der Waals surface area (Å²) in [4.78, 5) is 32.5. The SMILES string of the molecule is O=C(c1cc(Br)ccc1OCCc1ccccc1)N(CCN(C(=O)c1cc(Br)ccc1OCCc1ccccc1)c1ccccc1)c1ccccc1. The van der Waals surface area contributed by atoms with Crippen LogP contribution in [-0.4, -0.2) is 38.1 Å². The Morgan fingerprint density at radius 2 is 0.808 bits per heavy atom. The van der Waals surface area contributed by atoms with E-state index >= 15 is 0 Å². The number of ether oxygens (including phenoxy) is 2. The molecule has 0 unspecified atom stereocenters. The van der Waals surface area contributed by atoms with Crippen molar-refractivity contribution >= 4 is 55.0 Å². The van der Waals surface area contributed by atoms with Crippen LogP contribution in [0.25, 0.3) is 0 Å². The first-order chi connectivity index (χ1) is 25.5. The van der Waals surface area contributed by atoms with Crippen molar-refractivity contribution in [2.24, 2.45) is 0 Å². The molecule has 6 nitrogen and oxygen atoms in total. The van der Waals surface area contributed by atoms with E-state index in [0.29, 0.717) is 60.1 Å². The fourth-order valence-electron chi connectivity index (χ4n) is 5.84. The summed E-state index contributed by atoms with van der Waals surface area (Å²) in [6, 6.07) is 50.2. The van der Waals surface area contributed by atoms with E-state index in [1.165, 1.54) is 0 Å². The van der Waals surface area contributed by atoms with E-state index in [4.69, 9.17) is 9.47 Å². The minimum atomic E-state index is -0.241. The number of hydrogen-bond donors (Lipinski definition) is 0. The maximum absolute atomic E-state index is 14.6. The van der Waals surface area contributed by atoms with Crippen LogP contribution >= 0.6 is 31.9 Å². The average Bonchev–Trinajstić information content (AvgIpc) is 3.19. The molecule has 6 aromatic rings. The third-order valence-electron chi connectivity index (χ3n) is 8.50. The fourth-order valence-corrected chi connectivity index (χ4v) is 6.56. The molecule has 0 saturated carbocycles. The second kappa shape index (κ2) is 18.4. The highest BCUT2D eigenvalue weighted by Crippen LogP contribution is 2.30. The van der Waals surface area contributed by atoms with E-state index in [9.17, 15) is 9.59 Å². The van der Waals surface area contributed by atoms with Gasteiger partial charge in [0.05, 0.1) is 24.3 Å². The third-order valence-corrected chi connectivity index (χ3v) is 9.49. The highest BCUT2D eigenvalue weighted by Gasteiger charge is 2.26. The van der Waals surface area contributed by atoms with Crippen molar-refractivity contribution in [3.63, 3.8) is 0 Å². The molecule has 0 atom stereocenters. The molecule has 0 aliphatic carbocycles. The van der Waals surface area contributed by atoms with Crippen molar-refractivity contribution in [2.45, 2.75) is 12.8 Å². The standard InChI is InChI=1S/C44H38Br2N2O4/c45-35-21-23-41(51-29-25-33-13-5-1-6-14-33)39(31-35)43(49)47(37-17-9-3-10-18-37)27-28-48(38-19-11-4-12-20-38)44(50)40-32-36(46)22-24-42(40)52-30-26-34-15-7-2-8-16-34/h1-24,31-32H,25-30H2. The van der Waals surface area contributed by atoms with Gasteiger partial charge in [-0.05, 0) is 71.8 Å². The zero-order valence-electron chi connectivity index (χ0n) is 28.5. The number of hydrogen-bond acceptors (Lipinski definition) is 4. The maximum atomic E-state index is 14.6. The lowest BCUT2D eigenvalue weighted by molar-refractivity contribution is 0.0963. The largest absolute Gasteiger partial charge is 0.492 e. The Bertz CT molecular complexity index is 1910. The van der Waals surface area contributed by atoms with Crippen LogP contribution in [0.2, 0.25) is 0 Å². The zero-order chi connectivity index (χ0) is 36.1. The minimum Gasteiger partial charge on any atom is -0.492 e. The molecule has 0 aromatic heterocycles. The lowest BCUT2D eigenvalue weighted by Crippen LogP contribution is -2.41. The molecule has 0 heterocycles. The Morgan fingerprint density at radius 3 is 1.17 bits per heavy atom. The number of nitrogens with zero attached hydrogens (tertiary/aromatic N) is 2. The van der Waals surface area contributed by atoms with Gasteiger partial charge in [0.25, 0.3) is 11.8 Å². The smallest absolute Gasteiger partial charge is 0.262 e. The predicted octanol–water partition coefficient (Wildman–Crippen LogP) is 10.4. The monoisotopic (exact) mass is 816 g/mol. The lowest BCUT2D eigenvalue weighted by atomic mass is 10.1. The zero-order valence-corrected chi connectivity index (χ0v) is 31.7. The van der Waals surface area contributed by atoms with Crippen LogP contribution in [0.1, 0.15) is 31.8 Å². The minimum absolute atomic E-state index is 0.206. The first kappa shape index (κ1) is 36.6. The van der Waals surface area contributed by atoms with Gasteiger partial charge in [0.1, 0.15) is 11.5 Å². The highest BCUT2D eigenvalue weighted by molar-refractivity contribution is 9.10. The molecular weight excluding hydrogens is 780 g/mol. The summed E-state index contributed by atoms with van der Waals surface area (Å²) < 4.78 is 14.0. The van der Waals surface area contributed by atoms with E-state index in [2.05, 4.69) is 56.1 Å². The summed E-state index contributed by atoms with van der Waals surface area (Å²) in [5.41, 5.74) is 4.56. The number of carbonyl (C=O) groups is 2. The number of para-hydroxylation sites is 2. The Labute approximate surface area is 321 Å². The van der Waals surface area contributed by atoms with Crippen LogP contribution in [0.4, 0.5) is 11.4 Å². The van der Waals surface area contributed by atoms with Gasteiger partial charge in [-0.3, -0.25) is 9.59 Å². The molecule has 0 spiro atoms. The summed E-state index contributed by atoms with van der Waals surface area (Å²) in [6.45, 7) is 1.24. The summed E-state index contributed by atoms with van der Waals surface area (Å²) in [6.07, 6.45) is 1.41. The van der Waals surface area contributed by atoms with Gasteiger partial charge in [0.2, 0.25) is 0 Å². The molecule has 0 N–H and O–H groups in total. The quantitative estimate of drug-likeness (QED) is 0.104. The number of carbonyl (C=O) groups excluding carboxylic acids is 2. The first-order valence-corrected chi connectivity index (χ1v) is 18.7. The molecule has 0 aliphatic rings. The molecule has 0 radical (unpaired) electrons. The molecule has 6 aromatic carbocycles. The molecule has 0 bridgehead atoms. The average molecular weight is 819 g/mol. The van der Waals surface area contributed by atoms with E-state index in [-0.39, 0.29) is 24.9 Å². The number of amides is 2. The molecule has 0 fully saturated rings. The Morgan fingerprint density at radius 1 is 0.462 bits per heavy atom. The van der Waals surface area contributed by atoms with Crippen LogP contribution in [0.3, 0.4) is 0 Å². The van der Waals surface area contributed by atoms with Gasteiger partial charge in [-0.2, -0.15) is 0 Å². The fraction of sp³-hybridized carbons (Fsp3) is 0.136. The van der Waals surface area contributed by atoms with Gasteiger partial charge in [-0.15, -0.1) is 0 Å². The molecule has 0 aliphatic heterocycles. The second-order valence-corrected chi connectivity index (χ2v) is 13.9. The van der Waals surface area contributed by atoms with E-state index in [1.54, 1.807) is 21.9 Å². The Balaban J connectivity index is 1.27. The van der Waals surface area contributed by atoms with Crippen LogP contribution in [0.5, 0.6) is 11.5 Å². The van der Waals surface area contributed by atoms with Crippen molar-refractivity contribution in [3.8, 4) is 11.5 Å². The van der Waals surface area contributed by atoms with Crippen molar-refractivity contribution < 1.29 is 19.1 Å². The number of halogens is 2. The molecule has 262 valence electrons. The third kappa shape index (κ3) is 9.78. The van der Waals surface area contributed by atoms with Crippen LogP contribution < -0.4 is 19.3 Å². The topological polar surface area (TPSA) is 59.1 Å².